The van der Waals surface area contributed by atoms with Crippen molar-refractivity contribution in [3.05, 3.63) is 11.7 Å². The normalized spacial score (nSPS) is 13.3. The van der Waals surface area contributed by atoms with E-state index in [1.54, 1.807) is 0 Å². The molecule has 0 aromatic carbocycles. The zero-order chi connectivity index (χ0) is 17.8. The largest absolute Gasteiger partial charge is 0.396 e. The van der Waals surface area contributed by atoms with Gasteiger partial charge in [0.05, 0.1) is 0 Å². The van der Waals surface area contributed by atoms with E-state index in [-0.39, 0.29) is 12.5 Å². The molecule has 0 aliphatic carbocycles. The molecule has 1 atom stereocenters. The van der Waals surface area contributed by atoms with Crippen molar-refractivity contribution >= 4 is 5.96 Å². The second-order valence-corrected chi connectivity index (χ2v) is 6.26. The van der Waals surface area contributed by atoms with E-state index in [4.69, 9.17) is 9.63 Å². The molecule has 0 bridgehead atoms. The molecule has 0 saturated heterocycles. The summed E-state index contributed by atoms with van der Waals surface area (Å²) in [5.41, 5.74) is 0. The van der Waals surface area contributed by atoms with E-state index in [1.807, 2.05) is 20.8 Å². The third-order valence-corrected chi connectivity index (χ3v) is 3.72. The first-order valence-corrected chi connectivity index (χ1v) is 9.06. The first-order valence-electron chi connectivity index (χ1n) is 9.06. The average molecular weight is 339 g/mol. The van der Waals surface area contributed by atoms with Crippen molar-refractivity contribution in [2.24, 2.45) is 10.9 Å². The van der Waals surface area contributed by atoms with Crippen molar-refractivity contribution in [1.29, 1.82) is 0 Å². The Morgan fingerprint density at radius 2 is 2.04 bits per heavy atom. The Bertz CT molecular complexity index is 467. The van der Waals surface area contributed by atoms with Crippen LogP contribution in [0.15, 0.2) is 9.52 Å². The van der Waals surface area contributed by atoms with Gasteiger partial charge in [0.2, 0.25) is 5.89 Å². The molecule has 138 valence electrons. The number of rotatable bonds is 11. The number of hydrogen-bond acceptors (Lipinski definition) is 5. The van der Waals surface area contributed by atoms with E-state index in [9.17, 15) is 0 Å². The fraction of sp³-hybridized carbons (Fsp3) is 0.824. The Labute approximate surface area is 145 Å². The number of aliphatic hydroxyl groups excluding tert-OH is 1. The minimum Gasteiger partial charge on any atom is -0.396 e. The fourth-order valence-electron chi connectivity index (χ4n) is 2.37. The zero-order valence-electron chi connectivity index (χ0n) is 15.5. The lowest BCUT2D eigenvalue weighted by Gasteiger charge is -2.15. The first-order chi connectivity index (χ1) is 11.6. The average Bonchev–Trinajstić information content (AvgIpc) is 3.02. The van der Waals surface area contributed by atoms with Gasteiger partial charge in [0.15, 0.2) is 11.8 Å². The molecule has 0 saturated carbocycles. The molecular formula is C17H33N5O2. The molecule has 1 aromatic rings. The van der Waals surface area contributed by atoms with Crippen LogP contribution in [0.1, 0.15) is 64.6 Å². The summed E-state index contributed by atoms with van der Waals surface area (Å²) in [6.45, 7) is 10.7. The van der Waals surface area contributed by atoms with Crippen molar-refractivity contribution < 1.29 is 9.63 Å². The molecule has 1 rings (SSSR count). The van der Waals surface area contributed by atoms with Gasteiger partial charge >= 0.3 is 0 Å². The number of aromatic nitrogens is 2. The molecule has 0 spiro atoms. The second kappa shape index (κ2) is 11.8. The predicted molar refractivity (Wildman–Crippen MR) is 96.2 cm³/mol. The van der Waals surface area contributed by atoms with Gasteiger partial charge < -0.3 is 20.3 Å². The van der Waals surface area contributed by atoms with Crippen LogP contribution in [0.25, 0.3) is 0 Å². The van der Waals surface area contributed by atoms with Crippen LogP contribution in [-0.2, 0) is 6.42 Å². The Morgan fingerprint density at radius 1 is 1.25 bits per heavy atom. The molecule has 1 unspecified atom stereocenters. The predicted octanol–water partition coefficient (Wildman–Crippen LogP) is 2.09. The van der Waals surface area contributed by atoms with Crippen LogP contribution in [0.3, 0.4) is 0 Å². The number of nitrogens with one attached hydrogen (secondary N) is 2. The highest BCUT2D eigenvalue weighted by Gasteiger charge is 2.10. The monoisotopic (exact) mass is 339 g/mol. The summed E-state index contributed by atoms with van der Waals surface area (Å²) >= 11 is 0. The third kappa shape index (κ3) is 7.77. The molecule has 24 heavy (non-hydrogen) atoms. The minimum absolute atomic E-state index is 0.222. The number of aliphatic hydroxyl groups is 1. The topological polar surface area (TPSA) is 95.6 Å². The lowest BCUT2D eigenvalue weighted by Crippen LogP contribution is -2.38. The van der Waals surface area contributed by atoms with Crippen molar-refractivity contribution in [3.63, 3.8) is 0 Å². The highest BCUT2D eigenvalue weighted by atomic mass is 16.5. The Kier molecular flexibility index (Phi) is 10.1. The highest BCUT2D eigenvalue weighted by molar-refractivity contribution is 5.79. The van der Waals surface area contributed by atoms with E-state index >= 15 is 0 Å². The quantitative estimate of drug-likeness (QED) is 0.422. The van der Waals surface area contributed by atoms with E-state index in [1.165, 1.54) is 0 Å². The van der Waals surface area contributed by atoms with Crippen molar-refractivity contribution in [2.75, 3.05) is 26.2 Å². The van der Waals surface area contributed by atoms with Crippen LogP contribution in [0, 0.1) is 5.92 Å². The molecule has 0 fully saturated rings. The van der Waals surface area contributed by atoms with E-state index < -0.39 is 0 Å². The summed E-state index contributed by atoms with van der Waals surface area (Å²) in [5, 5.41) is 19.6. The SMILES string of the molecule is CCCC(CCO)CN=C(NCC)NCCc1nc(C(C)C)no1. The summed E-state index contributed by atoms with van der Waals surface area (Å²) in [4.78, 5) is 9.00. The molecule has 0 amide bonds. The molecule has 1 aromatic heterocycles. The van der Waals surface area contributed by atoms with Gasteiger partial charge in [0.25, 0.3) is 0 Å². The highest BCUT2D eigenvalue weighted by Crippen LogP contribution is 2.11. The maximum absolute atomic E-state index is 9.14. The molecule has 0 radical (unpaired) electrons. The summed E-state index contributed by atoms with van der Waals surface area (Å²) in [6.07, 6.45) is 3.67. The van der Waals surface area contributed by atoms with Crippen molar-refractivity contribution in [1.82, 2.24) is 20.8 Å². The Morgan fingerprint density at radius 3 is 2.62 bits per heavy atom. The van der Waals surface area contributed by atoms with Crippen LogP contribution >= 0.6 is 0 Å². The second-order valence-electron chi connectivity index (χ2n) is 6.26. The van der Waals surface area contributed by atoms with Gasteiger partial charge in [-0.1, -0.05) is 32.3 Å². The Balaban J connectivity index is 2.47. The number of nitrogens with zero attached hydrogens (tertiary/aromatic N) is 3. The van der Waals surface area contributed by atoms with E-state index in [0.717, 1.165) is 44.1 Å². The molecule has 0 aliphatic heterocycles. The summed E-state index contributed by atoms with van der Waals surface area (Å²) < 4.78 is 5.24. The lowest BCUT2D eigenvalue weighted by atomic mass is 10.0. The van der Waals surface area contributed by atoms with Crippen LogP contribution in [0.2, 0.25) is 0 Å². The zero-order valence-corrected chi connectivity index (χ0v) is 15.5. The van der Waals surface area contributed by atoms with Gasteiger partial charge in [-0.3, -0.25) is 4.99 Å². The van der Waals surface area contributed by atoms with Crippen molar-refractivity contribution in [2.45, 2.75) is 59.3 Å². The number of aliphatic imine (C=N–C) groups is 1. The molecule has 0 aliphatic rings. The van der Waals surface area contributed by atoms with Crippen molar-refractivity contribution in [3.8, 4) is 0 Å². The number of hydrogen-bond donors (Lipinski definition) is 3. The van der Waals surface area contributed by atoms with E-state index in [0.29, 0.717) is 24.8 Å². The first kappa shape index (κ1) is 20.4. The molecule has 7 nitrogen and oxygen atoms in total. The van der Waals surface area contributed by atoms with Crippen LogP contribution < -0.4 is 10.6 Å². The van der Waals surface area contributed by atoms with Crippen LogP contribution in [-0.4, -0.2) is 47.4 Å². The van der Waals surface area contributed by atoms with E-state index in [2.05, 4.69) is 32.7 Å². The van der Waals surface area contributed by atoms with Crippen LogP contribution in [0.4, 0.5) is 0 Å². The summed E-state index contributed by atoms with van der Waals surface area (Å²) in [5.74, 6) is 2.89. The summed E-state index contributed by atoms with van der Waals surface area (Å²) in [6, 6.07) is 0. The maximum atomic E-state index is 9.14. The fourth-order valence-corrected chi connectivity index (χ4v) is 2.37. The van der Waals surface area contributed by atoms with Gasteiger partial charge in [0.1, 0.15) is 0 Å². The van der Waals surface area contributed by atoms with Gasteiger partial charge in [-0.25, -0.2) is 0 Å². The van der Waals surface area contributed by atoms with Gasteiger partial charge in [0, 0.05) is 38.6 Å². The lowest BCUT2D eigenvalue weighted by molar-refractivity contribution is 0.253. The standard InChI is InChI=1S/C17H33N5O2/c1-5-7-14(9-11-23)12-20-17(18-6-2)19-10-8-15-21-16(13(3)4)22-24-15/h13-14,23H,5-12H2,1-4H3,(H2,18,19,20). The maximum Gasteiger partial charge on any atom is 0.228 e. The molecule has 3 N–H and O–H groups in total. The van der Waals surface area contributed by atoms with Gasteiger partial charge in [-0.2, -0.15) is 4.98 Å². The Hall–Kier alpha value is -1.63. The smallest absolute Gasteiger partial charge is 0.228 e. The molecular weight excluding hydrogens is 306 g/mol. The van der Waals surface area contributed by atoms with Gasteiger partial charge in [-0.15, -0.1) is 0 Å². The van der Waals surface area contributed by atoms with Crippen LogP contribution in [0.5, 0.6) is 0 Å². The molecule has 1 heterocycles. The third-order valence-electron chi connectivity index (χ3n) is 3.72. The van der Waals surface area contributed by atoms with Gasteiger partial charge in [-0.05, 0) is 25.7 Å². The minimum atomic E-state index is 0.222. The number of guanidine groups is 1. The summed E-state index contributed by atoms with van der Waals surface area (Å²) in [7, 11) is 0. The molecule has 7 heteroatoms.